The van der Waals surface area contributed by atoms with E-state index in [1.54, 1.807) is 25.1 Å². The van der Waals surface area contributed by atoms with E-state index in [4.69, 9.17) is 14.7 Å². The fourth-order valence-electron chi connectivity index (χ4n) is 2.88. The number of aryl methyl sites for hydroxylation is 1. The summed E-state index contributed by atoms with van der Waals surface area (Å²) in [4.78, 5) is 16.2. The van der Waals surface area contributed by atoms with Crippen molar-refractivity contribution < 1.29 is 14.3 Å². The van der Waals surface area contributed by atoms with Gasteiger partial charge in [0.2, 0.25) is 5.78 Å². The zero-order valence-corrected chi connectivity index (χ0v) is 14.3. The van der Waals surface area contributed by atoms with Crippen LogP contribution in [-0.4, -0.2) is 24.0 Å². The van der Waals surface area contributed by atoms with E-state index >= 15 is 0 Å². The summed E-state index contributed by atoms with van der Waals surface area (Å²) in [5.74, 6) is 0.746. The van der Waals surface area contributed by atoms with Crippen LogP contribution in [-0.2, 0) is 0 Å². The Morgan fingerprint density at radius 3 is 2.68 bits per heavy atom. The topological polar surface area (TPSA) is 75.1 Å². The molecule has 0 bridgehead atoms. The molecule has 0 aliphatic rings. The predicted molar refractivity (Wildman–Crippen MR) is 95.2 cm³/mol. The van der Waals surface area contributed by atoms with Gasteiger partial charge in [0, 0.05) is 28.2 Å². The van der Waals surface area contributed by atoms with Crippen LogP contribution in [0.3, 0.4) is 0 Å². The standard InChI is InChI=1S/C20H18N2O3/c1-12-19(15-6-4-5-7-16(15)22-12)20(23)13(2)25-17-9-8-14(11-21)10-18(17)24-3/h4-10,13,22H,1-3H3/t13-/m0/s1. The van der Waals surface area contributed by atoms with E-state index in [0.29, 0.717) is 22.6 Å². The van der Waals surface area contributed by atoms with Gasteiger partial charge in [-0.25, -0.2) is 0 Å². The number of nitrogens with zero attached hydrogens (tertiary/aromatic N) is 1. The molecule has 1 N–H and O–H groups in total. The van der Waals surface area contributed by atoms with E-state index in [9.17, 15) is 4.79 Å². The molecule has 0 spiro atoms. The van der Waals surface area contributed by atoms with E-state index in [2.05, 4.69) is 4.98 Å². The number of H-pyrrole nitrogens is 1. The molecule has 0 amide bonds. The number of aromatic nitrogens is 1. The fourth-order valence-corrected chi connectivity index (χ4v) is 2.88. The maximum atomic E-state index is 12.9. The van der Waals surface area contributed by atoms with Gasteiger partial charge in [0.15, 0.2) is 17.6 Å². The highest BCUT2D eigenvalue weighted by molar-refractivity contribution is 6.11. The average molecular weight is 334 g/mol. The monoisotopic (exact) mass is 334 g/mol. The van der Waals surface area contributed by atoms with Crippen LogP contribution in [0.15, 0.2) is 42.5 Å². The fraction of sp³-hybridized carbons (Fsp3) is 0.200. The second-order valence-electron chi connectivity index (χ2n) is 5.77. The maximum Gasteiger partial charge on any atom is 0.205 e. The van der Waals surface area contributed by atoms with Crippen LogP contribution in [0.5, 0.6) is 11.5 Å². The normalized spacial score (nSPS) is 11.8. The van der Waals surface area contributed by atoms with Crippen molar-refractivity contribution in [1.82, 2.24) is 4.98 Å². The smallest absolute Gasteiger partial charge is 0.205 e. The molecule has 1 aromatic heterocycles. The second kappa shape index (κ2) is 6.70. The molecule has 5 nitrogen and oxygen atoms in total. The van der Waals surface area contributed by atoms with Gasteiger partial charge in [-0.3, -0.25) is 4.79 Å². The van der Waals surface area contributed by atoms with Crippen molar-refractivity contribution in [3.8, 4) is 17.6 Å². The van der Waals surface area contributed by atoms with E-state index in [-0.39, 0.29) is 5.78 Å². The zero-order chi connectivity index (χ0) is 18.0. The Balaban J connectivity index is 1.91. The molecule has 0 saturated carbocycles. The minimum atomic E-state index is -0.695. The number of aromatic amines is 1. The summed E-state index contributed by atoms with van der Waals surface area (Å²) in [6.45, 7) is 3.59. The largest absolute Gasteiger partial charge is 0.493 e. The molecule has 0 unspecified atom stereocenters. The third-order valence-corrected chi connectivity index (χ3v) is 4.11. The van der Waals surface area contributed by atoms with Crippen molar-refractivity contribution in [3.05, 3.63) is 59.3 Å². The number of ketones is 1. The molecule has 3 rings (SSSR count). The first-order valence-electron chi connectivity index (χ1n) is 7.91. The van der Waals surface area contributed by atoms with Gasteiger partial charge in [-0.1, -0.05) is 18.2 Å². The lowest BCUT2D eigenvalue weighted by Gasteiger charge is -2.16. The maximum absolute atomic E-state index is 12.9. The summed E-state index contributed by atoms with van der Waals surface area (Å²) in [6.07, 6.45) is -0.695. The second-order valence-corrected chi connectivity index (χ2v) is 5.77. The minimum absolute atomic E-state index is 0.110. The number of rotatable bonds is 5. The lowest BCUT2D eigenvalue weighted by Crippen LogP contribution is -2.24. The molecule has 0 fully saturated rings. The average Bonchev–Trinajstić information content (AvgIpc) is 2.96. The van der Waals surface area contributed by atoms with Crippen LogP contribution >= 0.6 is 0 Å². The highest BCUT2D eigenvalue weighted by atomic mass is 16.5. The van der Waals surface area contributed by atoms with E-state index < -0.39 is 6.10 Å². The lowest BCUT2D eigenvalue weighted by molar-refractivity contribution is 0.0815. The summed E-state index contributed by atoms with van der Waals surface area (Å²) in [7, 11) is 1.50. The van der Waals surface area contributed by atoms with Gasteiger partial charge in [-0.05, 0) is 32.0 Å². The molecular formula is C20H18N2O3. The van der Waals surface area contributed by atoms with Crippen molar-refractivity contribution >= 4 is 16.7 Å². The molecule has 25 heavy (non-hydrogen) atoms. The number of Topliss-reactive ketones (excluding diaryl/α,β-unsaturated/α-hetero) is 1. The molecule has 0 aliphatic carbocycles. The predicted octanol–water partition coefficient (Wildman–Crippen LogP) is 4.01. The van der Waals surface area contributed by atoms with Crippen molar-refractivity contribution in [3.63, 3.8) is 0 Å². The van der Waals surface area contributed by atoms with Crippen LogP contribution in [0.1, 0.15) is 28.5 Å². The van der Waals surface area contributed by atoms with Gasteiger partial charge in [0.1, 0.15) is 0 Å². The van der Waals surface area contributed by atoms with Crippen LogP contribution in [0.4, 0.5) is 0 Å². The summed E-state index contributed by atoms with van der Waals surface area (Å²) in [5, 5.41) is 9.85. The number of nitrogens with one attached hydrogen (secondary N) is 1. The Bertz CT molecular complexity index is 982. The van der Waals surface area contributed by atoms with E-state index in [0.717, 1.165) is 16.6 Å². The van der Waals surface area contributed by atoms with Crippen LogP contribution in [0.2, 0.25) is 0 Å². The summed E-state index contributed by atoms with van der Waals surface area (Å²) >= 11 is 0. The number of hydrogen-bond acceptors (Lipinski definition) is 4. The molecule has 126 valence electrons. The number of carbonyl (C=O) groups is 1. The van der Waals surface area contributed by atoms with Crippen molar-refractivity contribution in [2.75, 3.05) is 7.11 Å². The number of para-hydroxylation sites is 1. The molecule has 2 aromatic carbocycles. The highest BCUT2D eigenvalue weighted by Gasteiger charge is 2.23. The molecule has 1 atom stereocenters. The van der Waals surface area contributed by atoms with Crippen LogP contribution in [0.25, 0.3) is 10.9 Å². The quantitative estimate of drug-likeness (QED) is 0.715. The molecule has 5 heteroatoms. The lowest BCUT2D eigenvalue weighted by atomic mass is 10.0. The van der Waals surface area contributed by atoms with Crippen LogP contribution in [0, 0.1) is 18.3 Å². The third-order valence-electron chi connectivity index (χ3n) is 4.11. The number of ether oxygens (including phenoxy) is 2. The van der Waals surface area contributed by atoms with Gasteiger partial charge in [-0.15, -0.1) is 0 Å². The number of nitriles is 1. The Hall–Kier alpha value is -3.26. The van der Waals surface area contributed by atoms with Gasteiger partial charge < -0.3 is 14.5 Å². The Morgan fingerprint density at radius 1 is 1.20 bits per heavy atom. The van der Waals surface area contributed by atoms with Crippen molar-refractivity contribution in [2.45, 2.75) is 20.0 Å². The first-order valence-corrected chi connectivity index (χ1v) is 7.91. The van der Waals surface area contributed by atoms with Gasteiger partial charge in [-0.2, -0.15) is 5.26 Å². The van der Waals surface area contributed by atoms with Crippen molar-refractivity contribution in [2.24, 2.45) is 0 Å². The number of benzene rings is 2. The molecule has 0 radical (unpaired) electrons. The summed E-state index contributed by atoms with van der Waals surface area (Å²) < 4.78 is 11.1. The van der Waals surface area contributed by atoms with E-state index in [1.165, 1.54) is 7.11 Å². The number of fused-ring (bicyclic) bond motifs is 1. The SMILES string of the molecule is COc1cc(C#N)ccc1O[C@@H](C)C(=O)c1c(C)[nH]c2ccccc12. The molecule has 3 aromatic rings. The summed E-state index contributed by atoms with van der Waals surface area (Å²) in [6, 6.07) is 14.6. The van der Waals surface area contributed by atoms with E-state index in [1.807, 2.05) is 37.3 Å². The number of carbonyl (C=O) groups excluding carboxylic acids is 1. The first-order chi connectivity index (χ1) is 12.0. The molecule has 0 saturated heterocycles. The first kappa shape index (κ1) is 16.6. The Kier molecular flexibility index (Phi) is 4.44. The Morgan fingerprint density at radius 2 is 1.96 bits per heavy atom. The third kappa shape index (κ3) is 3.07. The van der Waals surface area contributed by atoms with Gasteiger partial charge >= 0.3 is 0 Å². The summed E-state index contributed by atoms with van der Waals surface area (Å²) in [5.41, 5.74) is 2.84. The van der Waals surface area contributed by atoms with Gasteiger partial charge in [0.05, 0.1) is 18.7 Å². The Labute approximate surface area is 145 Å². The molecule has 1 heterocycles. The number of methoxy groups -OCH3 is 1. The van der Waals surface area contributed by atoms with Crippen LogP contribution < -0.4 is 9.47 Å². The molecular weight excluding hydrogens is 316 g/mol. The number of hydrogen-bond donors (Lipinski definition) is 1. The molecule has 0 aliphatic heterocycles. The highest BCUT2D eigenvalue weighted by Crippen LogP contribution is 2.30. The zero-order valence-electron chi connectivity index (χ0n) is 14.3. The minimum Gasteiger partial charge on any atom is -0.493 e. The van der Waals surface area contributed by atoms with Crippen molar-refractivity contribution in [1.29, 1.82) is 5.26 Å². The van der Waals surface area contributed by atoms with Gasteiger partial charge in [0.25, 0.3) is 0 Å².